The van der Waals surface area contributed by atoms with E-state index in [4.69, 9.17) is 4.74 Å². The third-order valence-corrected chi connectivity index (χ3v) is 4.26. The Morgan fingerprint density at radius 2 is 1.88 bits per heavy atom. The average Bonchev–Trinajstić information content (AvgIpc) is 3.19. The highest BCUT2D eigenvalue weighted by atomic mass is 16.5. The van der Waals surface area contributed by atoms with Gasteiger partial charge in [-0.05, 0) is 41.8 Å². The molecule has 1 amide bonds. The predicted octanol–water partition coefficient (Wildman–Crippen LogP) is 3.22. The van der Waals surface area contributed by atoms with E-state index < -0.39 is 0 Å². The van der Waals surface area contributed by atoms with Gasteiger partial charge in [-0.3, -0.25) is 4.79 Å². The van der Waals surface area contributed by atoms with Crippen LogP contribution in [0.25, 0.3) is 0 Å². The maximum atomic E-state index is 12.6. The lowest BCUT2D eigenvalue weighted by molar-refractivity contribution is 0.0935. The first-order chi connectivity index (χ1) is 12.7. The van der Waals surface area contributed by atoms with Crippen molar-refractivity contribution in [1.82, 2.24) is 20.1 Å². The Balaban J connectivity index is 1.65. The molecule has 3 rings (SSSR count). The third kappa shape index (κ3) is 4.27. The summed E-state index contributed by atoms with van der Waals surface area (Å²) in [5.74, 6) is 0.720. The van der Waals surface area contributed by atoms with Crippen molar-refractivity contribution in [3.05, 3.63) is 77.9 Å². The Morgan fingerprint density at radius 3 is 2.46 bits per heavy atom. The Bertz CT molecular complexity index is 827. The first-order valence-corrected chi connectivity index (χ1v) is 8.55. The number of ether oxygens (including phenoxy) is 1. The first kappa shape index (κ1) is 17.7. The number of hydrogen-bond donors (Lipinski definition) is 1. The number of amides is 1. The van der Waals surface area contributed by atoms with Gasteiger partial charge in [0.15, 0.2) is 0 Å². The number of hydrogen-bond acceptors (Lipinski definition) is 4. The van der Waals surface area contributed by atoms with Crippen LogP contribution in [0.3, 0.4) is 0 Å². The second-order valence-corrected chi connectivity index (χ2v) is 6.00. The molecule has 0 aliphatic rings. The lowest BCUT2D eigenvalue weighted by atomic mass is 10.0. The molecule has 0 bridgehead atoms. The van der Waals surface area contributed by atoms with Crippen LogP contribution >= 0.6 is 0 Å². The number of methoxy groups -OCH3 is 1. The van der Waals surface area contributed by atoms with E-state index in [0.29, 0.717) is 12.1 Å². The van der Waals surface area contributed by atoms with Gasteiger partial charge in [-0.15, -0.1) is 0 Å². The number of carbonyl (C=O) groups is 1. The molecule has 6 heteroatoms. The monoisotopic (exact) mass is 350 g/mol. The summed E-state index contributed by atoms with van der Waals surface area (Å²) in [5, 5.41) is 7.18. The van der Waals surface area contributed by atoms with E-state index in [9.17, 15) is 4.79 Å². The van der Waals surface area contributed by atoms with Crippen LogP contribution in [0.2, 0.25) is 0 Å². The molecule has 0 radical (unpaired) electrons. The molecule has 0 saturated carbocycles. The molecule has 0 aliphatic heterocycles. The van der Waals surface area contributed by atoms with Crippen LogP contribution in [0.5, 0.6) is 5.75 Å². The van der Waals surface area contributed by atoms with Crippen LogP contribution in [-0.2, 0) is 6.54 Å². The number of nitrogens with one attached hydrogen (secondary N) is 1. The van der Waals surface area contributed by atoms with E-state index in [-0.39, 0.29) is 11.9 Å². The van der Waals surface area contributed by atoms with E-state index >= 15 is 0 Å². The summed E-state index contributed by atoms with van der Waals surface area (Å²) < 4.78 is 6.93. The molecule has 1 atom stereocenters. The Hall–Kier alpha value is -3.15. The minimum absolute atomic E-state index is 0.0387. The lowest BCUT2D eigenvalue weighted by Gasteiger charge is -2.18. The van der Waals surface area contributed by atoms with Crippen molar-refractivity contribution < 1.29 is 9.53 Å². The maximum absolute atomic E-state index is 12.6. The number of aromatic nitrogens is 3. The van der Waals surface area contributed by atoms with Crippen LogP contribution in [0.1, 0.15) is 40.9 Å². The molecule has 0 spiro atoms. The van der Waals surface area contributed by atoms with E-state index in [1.165, 1.54) is 6.33 Å². The zero-order valence-electron chi connectivity index (χ0n) is 14.9. The molecule has 3 aromatic rings. The van der Waals surface area contributed by atoms with Gasteiger partial charge in [0.25, 0.3) is 5.91 Å². The number of nitrogens with zero attached hydrogens (tertiary/aromatic N) is 3. The minimum Gasteiger partial charge on any atom is -0.497 e. The Morgan fingerprint density at radius 1 is 1.15 bits per heavy atom. The van der Waals surface area contributed by atoms with Gasteiger partial charge in [-0.2, -0.15) is 5.10 Å². The summed E-state index contributed by atoms with van der Waals surface area (Å²) >= 11 is 0. The van der Waals surface area contributed by atoms with Crippen molar-refractivity contribution in [2.45, 2.75) is 25.9 Å². The highest BCUT2D eigenvalue weighted by Crippen LogP contribution is 2.20. The van der Waals surface area contributed by atoms with Gasteiger partial charge in [-0.1, -0.05) is 31.2 Å². The standard InChI is InChI=1S/C20H22N4O2/c1-3-19(16-8-10-18(26-2)11-9-16)23-20(25)17-6-4-15(5-7-17)12-24-14-21-13-22-24/h4-11,13-14,19H,3,12H2,1-2H3,(H,23,25)/t19-/m1/s1. The molecule has 1 aromatic heterocycles. The first-order valence-electron chi connectivity index (χ1n) is 8.55. The van der Waals surface area contributed by atoms with Crippen molar-refractivity contribution >= 4 is 5.91 Å². The zero-order chi connectivity index (χ0) is 18.4. The Labute approximate surface area is 152 Å². The quantitative estimate of drug-likeness (QED) is 0.710. The number of benzene rings is 2. The maximum Gasteiger partial charge on any atom is 0.251 e. The van der Waals surface area contributed by atoms with Crippen molar-refractivity contribution in [2.75, 3.05) is 7.11 Å². The number of rotatable bonds is 7. The molecular formula is C20H22N4O2. The normalized spacial score (nSPS) is 11.8. The molecule has 0 aliphatic carbocycles. The van der Waals surface area contributed by atoms with Crippen LogP contribution in [-0.4, -0.2) is 27.8 Å². The summed E-state index contributed by atoms with van der Waals surface area (Å²) in [7, 11) is 1.64. The fourth-order valence-corrected chi connectivity index (χ4v) is 2.76. The van der Waals surface area contributed by atoms with Gasteiger partial charge in [0.05, 0.1) is 19.7 Å². The van der Waals surface area contributed by atoms with Crippen LogP contribution in [0.4, 0.5) is 0 Å². The van der Waals surface area contributed by atoms with Gasteiger partial charge in [0, 0.05) is 5.56 Å². The topological polar surface area (TPSA) is 69.0 Å². The molecule has 0 saturated heterocycles. The largest absolute Gasteiger partial charge is 0.497 e. The van der Waals surface area contributed by atoms with Crippen molar-refractivity contribution in [3.63, 3.8) is 0 Å². The molecule has 0 unspecified atom stereocenters. The lowest BCUT2D eigenvalue weighted by Crippen LogP contribution is -2.28. The molecular weight excluding hydrogens is 328 g/mol. The predicted molar refractivity (Wildman–Crippen MR) is 99.1 cm³/mol. The fourth-order valence-electron chi connectivity index (χ4n) is 2.76. The van der Waals surface area contributed by atoms with Crippen molar-refractivity contribution in [2.24, 2.45) is 0 Å². The van der Waals surface area contributed by atoms with E-state index in [0.717, 1.165) is 23.3 Å². The van der Waals surface area contributed by atoms with Gasteiger partial charge in [0.2, 0.25) is 0 Å². The van der Waals surface area contributed by atoms with E-state index in [1.807, 2.05) is 48.5 Å². The molecule has 6 nitrogen and oxygen atoms in total. The van der Waals surface area contributed by atoms with E-state index in [2.05, 4.69) is 22.3 Å². The van der Waals surface area contributed by atoms with Gasteiger partial charge in [-0.25, -0.2) is 9.67 Å². The number of carbonyl (C=O) groups excluding carboxylic acids is 1. The molecule has 1 N–H and O–H groups in total. The van der Waals surface area contributed by atoms with Crippen LogP contribution < -0.4 is 10.1 Å². The SMILES string of the molecule is CC[C@@H](NC(=O)c1ccc(Cn2cncn2)cc1)c1ccc(OC)cc1. The second-order valence-electron chi connectivity index (χ2n) is 6.00. The fraction of sp³-hybridized carbons (Fsp3) is 0.250. The highest BCUT2D eigenvalue weighted by molar-refractivity contribution is 5.94. The summed E-state index contributed by atoms with van der Waals surface area (Å²) in [6.45, 7) is 2.68. The molecule has 2 aromatic carbocycles. The van der Waals surface area contributed by atoms with Gasteiger partial charge in [0.1, 0.15) is 18.4 Å². The van der Waals surface area contributed by atoms with Gasteiger partial charge < -0.3 is 10.1 Å². The third-order valence-electron chi connectivity index (χ3n) is 4.26. The molecule has 134 valence electrons. The van der Waals surface area contributed by atoms with E-state index in [1.54, 1.807) is 18.1 Å². The minimum atomic E-state index is -0.0834. The summed E-state index contributed by atoms with van der Waals surface area (Å²) in [6.07, 6.45) is 3.98. The van der Waals surface area contributed by atoms with Crippen molar-refractivity contribution in [1.29, 1.82) is 0 Å². The molecule has 0 fully saturated rings. The molecule has 1 heterocycles. The zero-order valence-corrected chi connectivity index (χ0v) is 14.9. The molecule has 26 heavy (non-hydrogen) atoms. The van der Waals surface area contributed by atoms with Crippen LogP contribution in [0.15, 0.2) is 61.2 Å². The summed E-state index contributed by atoms with van der Waals surface area (Å²) in [5.41, 5.74) is 2.76. The van der Waals surface area contributed by atoms with Crippen molar-refractivity contribution in [3.8, 4) is 5.75 Å². The summed E-state index contributed by atoms with van der Waals surface area (Å²) in [6, 6.07) is 15.3. The smallest absolute Gasteiger partial charge is 0.251 e. The second kappa shape index (κ2) is 8.29. The average molecular weight is 350 g/mol. The van der Waals surface area contributed by atoms with Crippen LogP contribution in [0, 0.1) is 0 Å². The highest BCUT2D eigenvalue weighted by Gasteiger charge is 2.14. The Kier molecular flexibility index (Phi) is 5.63. The van der Waals surface area contributed by atoms with Gasteiger partial charge >= 0.3 is 0 Å². The summed E-state index contributed by atoms with van der Waals surface area (Å²) in [4.78, 5) is 16.5.